The highest BCUT2D eigenvalue weighted by Gasteiger charge is 2.06. The lowest BCUT2D eigenvalue weighted by atomic mass is 10.1. The van der Waals surface area contributed by atoms with Crippen molar-refractivity contribution in [2.75, 3.05) is 26.9 Å². The van der Waals surface area contributed by atoms with Crippen LogP contribution in [0, 0.1) is 13.8 Å². The zero-order chi connectivity index (χ0) is 21.8. The molecule has 160 valence electrons. The molecule has 2 rings (SSSR count). The molecule has 0 aromatic heterocycles. The zero-order valence-electron chi connectivity index (χ0n) is 17.7. The van der Waals surface area contributed by atoms with Crippen LogP contribution in [0.2, 0.25) is 0 Å². The molecule has 0 aliphatic carbocycles. The van der Waals surface area contributed by atoms with Gasteiger partial charge in [-0.2, -0.15) is 5.10 Å². The Balaban J connectivity index is 1.81. The molecule has 0 fully saturated rings. The van der Waals surface area contributed by atoms with E-state index in [0.29, 0.717) is 36.4 Å². The van der Waals surface area contributed by atoms with Crippen LogP contribution in [0.5, 0.6) is 17.2 Å². The lowest BCUT2D eigenvalue weighted by molar-refractivity contribution is 0.239. The Bertz CT molecular complexity index is 884. The van der Waals surface area contributed by atoms with Crippen molar-refractivity contribution in [3.63, 3.8) is 0 Å². The minimum absolute atomic E-state index is 0.432. The lowest BCUT2D eigenvalue weighted by Crippen LogP contribution is -2.31. The van der Waals surface area contributed by atoms with Gasteiger partial charge in [0.05, 0.1) is 26.5 Å². The van der Waals surface area contributed by atoms with Gasteiger partial charge in [-0.05, 0) is 67.0 Å². The smallest absolute Gasteiger partial charge is 0.187 e. The van der Waals surface area contributed by atoms with Crippen LogP contribution >= 0.6 is 12.2 Å². The third-order valence-corrected chi connectivity index (χ3v) is 4.57. The van der Waals surface area contributed by atoms with Crippen molar-refractivity contribution in [3.8, 4) is 17.2 Å². The highest BCUT2D eigenvalue weighted by molar-refractivity contribution is 7.80. The molecular formula is C23H29N3O3S. The maximum Gasteiger partial charge on any atom is 0.187 e. The van der Waals surface area contributed by atoms with Gasteiger partial charge in [0.15, 0.2) is 16.6 Å². The fourth-order valence-corrected chi connectivity index (χ4v) is 2.69. The second-order valence-electron chi connectivity index (χ2n) is 6.53. The summed E-state index contributed by atoms with van der Waals surface area (Å²) in [5, 5.41) is 7.47. The second kappa shape index (κ2) is 12.5. The van der Waals surface area contributed by atoms with Crippen LogP contribution in [-0.4, -0.2) is 38.2 Å². The van der Waals surface area contributed by atoms with Crippen molar-refractivity contribution < 1.29 is 14.2 Å². The highest BCUT2D eigenvalue weighted by atomic mass is 32.1. The van der Waals surface area contributed by atoms with E-state index in [0.717, 1.165) is 17.7 Å². The average Bonchev–Trinajstić information content (AvgIpc) is 2.75. The molecule has 0 saturated heterocycles. The van der Waals surface area contributed by atoms with Crippen molar-refractivity contribution in [1.29, 1.82) is 0 Å². The van der Waals surface area contributed by atoms with Crippen molar-refractivity contribution >= 4 is 23.5 Å². The number of hydrogen-bond donors (Lipinski definition) is 2. The topological polar surface area (TPSA) is 64.1 Å². The summed E-state index contributed by atoms with van der Waals surface area (Å²) in [4.78, 5) is 0. The quantitative estimate of drug-likeness (QED) is 0.185. The van der Waals surface area contributed by atoms with Crippen LogP contribution < -0.4 is 25.0 Å². The summed E-state index contributed by atoms with van der Waals surface area (Å²) in [5.41, 5.74) is 6.00. The highest BCUT2D eigenvalue weighted by Crippen LogP contribution is 2.27. The van der Waals surface area contributed by atoms with Gasteiger partial charge in [0.2, 0.25) is 0 Å². The summed E-state index contributed by atoms with van der Waals surface area (Å²) < 4.78 is 17.2. The SMILES string of the molecule is C=CCNC(=S)N/N=C\c1ccc(OCCCOc2cccc(C)c2C)c(OC)c1. The first kappa shape index (κ1) is 23.2. The number of nitrogens with zero attached hydrogens (tertiary/aromatic N) is 1. The largest absolute Gasteiger partial charge is 0.493 e. The van der Waals surface area contributed by atoms with Gasteiger partial charge in [-0.3, -0.25) is 5.43 Å². The number of benzene rings is 2. The number of aryl methyl sites for hydroxylation is 1. The summed E-state index contributed by atoms with van der Waals surface area (Å²) in [5.74, 6) is 2.24. The Labute approximate surface area is 183 Å². The van der Waals surface area contributed by atoms with E-state index in [-0.39, 0.29) is 0 Å². The van der Waals surface area contributed by atoms with Gasteiger partial charge in [0.1, 0.15) is 5.75 Å². The molecule has 2 N–H and O–H groups in total. The molecular weight excluding hydrogens is 398 g/mol. The first-order chi connectivity index (χ1) is 14.5. The predicted octanol–water partition coefficient (Wildman–Crippen LogP) is 4.14. The van der Waals surface area contributed by atoms with Gasteiger partial charge in [0.25, 0.3) is 0 Å². The van der Waals surface area contributed by atoms with Gasteiger partial charge in [-0.15, -0.1) is 6.58 Å². The van der Waals surface area contributed by atoms with E-state index in [1.54, 1.807) is 19.4 Å². The molecule has 0 amide bonds. The fourth-order valence-electron chi connectivity index (χ4n) is 2.56. The van der Waals surface area contributed by atoms with Gasteiger partial charge in [0, 0.05) is 13.0 Å². The molecule has 0 unspecified atom stereocenters. The fraction of sp³-hybridized carbons (Fsp3) is 0.304. The van der Waals surface area contributed by atoms with Gasteiger partial charge >= 0.3 is 0 Å². The number of hydrazone groups is 1. The number of rotatable bonds is 11. The number of nitrogens with one attached hydrogen (secondary N) is 2. The third-order valence-electron chi connectivity index (χ3n) is 4.33. The van der Waals surface area contributed by atoms with E-state index >= 15 is 0 Å². The molecule has 0 saturated carbocycles. The molecule has 0 heterocycles. The summed E-state index contributed by atoms with van der Waals surface area (Å²) in [6.07, 6.45) is 4.14. The Kier molecular flexibility index (Phi) is 9.67. The van der Waals surface area contributed by atoms with Gasteiger partial charge in [-0.1, -0.05) is 18.2 Å². The maximum atomic E-state index is 5.86. The molecule has 0 aliphatic heterocycles. The monoisotopic (exact) mass is 427 g/mol. The first-order valence-electron chi connectivity index (χ1n) is 9.72. The molecule has 0 atom stereocenters. The molecule has 0 radical (unpaired) electrons. The summed E-state index contributed by atoms with van der Waals surface area (Å²) in [6, 6.07) is 11.7. The second-order valence-corrected chi connectivity index (χ2v) is 6.94. The van der Waals surface area contributed by atoms with Gasteiger partial charge in [-0.25, -0.2) is 0 Å². The van der Waals surface area contributed by atoms with Crippen LogP contribution in [0.1, 0.15) is 23.1 Å². The Morgan fingerprint density at radius 2 is 1.87 bits per heavy atom. The van der Waals surface area contributed by atoms with Crippen molar-refractivity contribution in [2.24, 2.45) is 5.10 Å². The van der Waals surface area contributed by atoms with E-state index in [1.165, 1.54) is 11.1 Å². The molecule has 7 heteroatoms. The molecule has 0 spiro atoms. The molecule has 2 aromatic rings. The van der Waals surface area contributed by atoms with Crippen LogP contribution in [-0.2, 0) is 0 Å². The maximum absolute atomic E-state index is 5.86. The third kappa shape index (κ3) is 7.40. The number of ether oxygens (including phenoxy) is 3. The zero-order valence-corrected chi connectivity index (χ0v) is 18.6. The van der Waals surface area contributed by atoms with E-state index in [2.05, 4.69) is 42.3 Å². The normalized spacial score (nSPS) is 10.5. The molecule has 0 aliphatic rings. The van der Waals surface area contributed by atoms with Crippen molar-refractivity contribution in [2.45, 2.75) is 20.3 Å². The van der Waals surface area contributed by atoms with E-state index in [4.69, 9.17) is 26.4 Å². The molecule has 2 aromatic carbocycles. The Morgan fingerprint density at radius 1 is 1.10 bits per heavy atom. The Morgan fingerprint density at radius 3 is 2.60 bits per heavy atom. The number of hydrogen-bond acceptors (Lipinski definition) is 5. The van der Waals surface area contributed by atoms with Crippen molar-refractivity contribution in [1.82, 2.24) is 10.7 Å². The minimum atomic E-state index is 0.432. The van der Waals surface area contributed by atoms with Crippen LogP contribution in [0.15, 0.2) is 54.2 Å². The average molecular weight is 428 g/mol. The summed E-state index contributed by atoms with van der Waals surface area (Å²) >= 11 is 5.08. The Hall–Kier alpha value is -3.06. The van der Waals surface area contributed by atoms with E-state index < -0.39 is 0 Å². The van der Waals surface area contributed by atoms with E-state index in [9.17, 15) is 0 Å². The predicted molar refractivity (Wildman–Crippen MR) is 126 cm³/mol. The van der Waals surface area contributed by atoms with Crippen LogP contribution in [0.4, 0.5) is 0 Å². The summed E-state index contributed by atoms with van der Waals surface area (Å²) in [6.45, 7) is 9.46. The minimum Gasteiger partial charge on any atom is -0.493 e. The number of thiocarbonyl (C=S) groups is 1. The molecule has 30 heavy (non-hydrogen) atoms. The first-order valence-corrected chi connectivity index (χ1v) is 10.1. The van der Waals surface area contributed by atoms with Crippen LogP contribution in [0.3, 0.4) is 0 Å². The van der Waals surface area contributed by atoms with Gasteiger partial charge < -0.3 is 19.5 Å². The molecule has 6 nitrogen and oxygen atoms in total. The summed E-state index contributed by atoms with van der Waals surface area (Å²) in [7, 11) is 1.61. The number of methoxy groups -OCH3 is 1. The lowest BCUT2D eigenvalue weighted by Gasteiger charge is -2.13. The van der Waals surface area contributed by atoms with Crippen molar-refractivity contribution in [3.05, 3.63) is 65.7 Å². The molecule has 0 bridgehead atoms. The standard InChI is InChI=1S/C23H29N3O3S/c1-5-12-24-23(30)26-25-16-19-10-11-21(22(15-19)27-4)29-14-7-13-28-20-9-6-8-17(2)18(20)3/h5-6,8-11,15-16H,1,7,12-14H2,2-4H3,(H2,24,26,30)/b25-16-. The van der Waals surface area contributed by atoms with Crippen LogP contribution in [0.25, 0.3) is 0 Å². The van der Waals surface area contributed by atoms with E-state index in [1.807, 2.05) is 30.3 Å².